The van der Waals surface area contributed by atoms with E-state index in [2.05, 4.69) is 10.6 Å². The number of nitrogens with zero attached hydrogens (tertiary/aromatic N) is 1. The van der Waals surface area contributed by atoms with Crippen molar-refractivity contribution in [3.8, 4) is 0 Å². The van der Waals surface area contributed by atoms with Crippen molar-refractivity contribution >= 4 is 46.4 Å². The van der Waals surface area contributed by atoms with Crippen molar-refractivity contribution in [3.05, 3.63) is 53.1 Å². The van der Waals surface area contributed by atoms with Crippen LogP contribution >= 0.6 is 11.6 Å². The van der Waals surface area contributed by atoms with Gasteiger partial charge in [0.05, 0.1) is 28.5 Å². The molecule has 236 valence electrons. The second-order valence-electron chi connectivity index (χ2n) is 9.77. The molecule has 1 heterocycles. The van der Waals surface area contributed by atoms with Gasteiger partial charge in [-0.25, -0.2) is 0 Å². The maximum Gasteiger partial charge on any atom is 0.416 e. The molecule has 7 nitrogen and oxygen atoms in total. The monoisotopic (exact) mass is 646 g/mol. The van der Waals surface area contributed by atoms with Crippen LogP contribution in [-0.4, -0.2) is 42.7 Å². The third-order valence-electron chi connectivity index (χ3n) is 6.68. The summed E-state index contributed by atoms with van der Waals surface area (Å²) in [5.74, 6) is -7.83. The minimum atomic E-state index is -4.86. The van der Waals surface area contributed by atoms with Gasteiger partial charge in [0.25, 0.3) is 0 Å². The number of alkyl halides is 9. The number of rotatable bonds is 9. The number of anilines is 3. The number of nitrogens with one attached hydrogen (secondary N) is 2. The number of hydrogen-bond acceptors (Lipinski definition) is 4. The molecule has 17 heteroatoms. The Hall–Kier alpha value is -3.69. The zero-order valence-corrected chi connectivity index (χ0v) is 22.6. The zero-order valence-electron chi connectivity index (χ0n) is 21.8. The van der Waals surface area contributed by atoms with Gasteiger partial charge in [0.15, 0.2) is 0 Å². The molecule has 0 aliphatic carbocycles. The van der Waals surface area contributed by atoms with Crippen molar-refractivity contribution in [1.82, 2.24) is 5.32 Å². The lowest BCUT2D eigenvalue weighted by Gasteiger charge is -2.30. The summed E-state index contributed by atoms with van der Waals surface area (Å²) in [6.07, 6.45) is -19.9. The Labute approximate surface area is 243 Å². The van der Waals surface area contributed by atoms with Crippen molar-refractivity contribution in [1.29, 1.82) is 0 Å². The predicted molar refractivity (Wildman–Crippen MR) is 137 cm³/mol. The first kappa shape index (κ1) is 33.8. The van der Waals surface area contributed by atoms with Crippen LogP contribution in [0, 0.1) is 11.8 Å². The van der Waals surface area contributed by atoms with Gasteiger partial charge in [0.1, 0.15) is 6.04 Å². The highest BCUT2D eigenvalue weighted by Crippen LogP contribution is 2.41. The quantitative estimate of drug-likeness (QED) is 0.277. The molecule has 0 unspecified atom stereocenters. The third kappa shape index (κ3) is 9.15. The van der Waals surface area contributed by atoms with Crippen LogP contribution in [0.4, 0.5) is 56.6 Å². The van der Waals surface area contributed by atoms with Crippen LogP contribution in [0.3, 0.4) is 0 Å². The van der Waals surface area contributed by atoms with Crippen LogP contribution in [0.2, 0.25) is 5.02 Å². The van der Waals surface area contributed by atoms with Gasteiger partial charge in [-0.3, -0.25) is 14.4 Å². The number of amides is 3. The van der Waals surface area contributed by atoms with Gasteiger partial charge in [-0.2, -0.15) is 39.5 Å². The number of halogens is 10. The fourth-order valence-electron chi connectivity index (χ4n) is 4.62. The van der Waals surface area contributed by atoms with Gasteiger partial charge in [-0.05, 0) is 43.2 Å². The molecule has 0 fully saturated rings. The van der Waals surface area contributed by atoms with Gasteiger partial charge in [0.2, 0.25) is 17.7 Å². The van der Waals surface area contributed by atoms with E-state index in [1.807, 2.05) is 0 Å². The summed E-state index contributed by atoms with van der Waals surface area (Å²) in [7, 11) is 0. The number of fused-ring (bicyclic) bond motifs is 1. The van der Waals surface area contributed by atoms with Crippen molar-refractivity contribution in [3.63, 3.8) is 0 Å². The van der Waals surface area contributed by atoms with Gasteiger partial charge >= 0.3 is 18.5 Å². The van der Waals surface area contributed by atoms with E-state index in [9.17, 15) is 53.9 Å². The summed E-state index contributed by atoms with van der Waals surface area (Å²) in [5, 5.41) is 4.53. The minimum Gasteiger partial charge on any atom is -0.369 e. The molecule has 0 aromatic heterocycles. The van der Waals surface area contributed by atoms with Crippen LogP contribution in [0.1, 0.15) is 31.2 Å². The lowest BCUT2D eigenvalue weighted by atomic mass is 9.83. The molecule has 3 atom stereocenters. The number of nitrogens with two attached hydrogens (primary N) is 1. The third-order valence-corrected chi connectivity index (χ3v) is 6.99. The highest BCUT2D eigenvalue weighted by molar-refractivity contribution is 6.34. The van der Waals surface area contributed by atoms with Gasteiger partial charge in [-0.15, -0.1) is 0 Å². The predicted octanol–water partition coefficient (Wildman–Crippen LogP) is 6.34. The Morgan fingerprint density at radius 1 is 0.953 bits per heavy atom. The minimum absolute atomic E-state index is 0.0428. The molecule has 0 radical (unpaired) electrons. The molecule has 0 bridgehead atoms. The second kappa shape index (κ2) is 12.9. The summed E-state index contributed by atoms with van der Waals surface area (Å²) in [6.45, 7) is -0.581. The summed E-state index contributed by atoms with van der Waals surface area (Å²) in [4.78, 5) is 39.7. The second-order valence-corrected chi connectivity index (χ2v) is 10.2. The summed E-state index contributed by atoms with van der Waals surface area (Å²) < 4.78 is 118. The van der Waals surface area contributed by atoms with Gasteiger partial charge < -0.3 is 21.3 Å². The SMILES string of the molecule is NC(=O)[C@H](CCC(F)(F)F)[C@H](CCC(F)(F)F)C(=O)N[C@H]1CN(c2cccc(C(F)(F)F)c2)c2cccc(Cl)c2NC1=O. The lowest BCUT2D eigenvalue weighted by molar-refractivity contribution is -0.152. The summed E-state index contributed by atoms with van der Waals surface area (Å²) >= 11 is 6.21. The molecule has 3 rings (SSSR count). The van der Waals surface area contributed by atoms with E-state index in [1.54, 1.807) is 0 Å². The van der Waals surface area contributed by atoms with Crippen molar-refractivity contribution in [2.24, 2.45) is 17.6 Å². The average Bonchev–Trinajstić information content (AvgIpc) is 3.01. The maximum atomic E-state index is 13.5. The molecule has 0 saturated heterocycles. The number of carbonyl (C=O) groups excluding carboxylic acids is 3. The molecule has 4 N–H and O–H groups in total. The first-order chi connectivity index (χ1) is 19.8. The molecule has 0 saturated carbocycles. The van der Waals surface area contributed by atoms with E-state index >= 15 is 0 Å². The largest absolute Gasteiger partial charge is 0.416 e. The number of hydrogen-bond donors (Lipinski definition) is 3. The topological polar surface area (TPSA) is 105 Å². The van der Waals surface area contributed by atoms with E-state index < -0.39 is 91.9 Å². The molecule has 3 amide bonds. The average molecular weight is 647 g/mol. The van der Waals surface area contributed by atoms with E-state index in [-0.39, 0.29) is 22.1 Å². The number of carbonyl (C=O) groups is 3. The van der Waals surface area contributed by atoms with Gasteiger partial charge in [-0.1, -0.05) is 23.7 Å². The normalized spacial score (nSPS) is 17.4. The summed E-state index contributed by atoms with van der Waals surface area (Å²) in [6, 6.07) is 6.40. The fourth-order valence-corrected chi connectivity index (χ4v) is 4.83. The number of benzene rings is 2. The van der Waals surface area contributed by atoms with Crippen LogP contribution in [0.15, 0.2) is 42.5 Å². The molecule has 2 aromatic rings. The molecule has 43 heavy (non-hydrogen) atoms. The standard InChI is InChI=1S/C26H24ClF9N4O3/c27-17-5-2-6-19-20(17)39-23(43)18(12-40(19)14-4-1-3-13(11-14)26(34,35)36)38-22(42)16(8-10-25(31,32)33)15(21(37)41)7-9-24(28,29)30/h1-6,11,15-16,18H,7-10,12H2,(H2,37,41)(H,38,42)(H,39,43)/t15-,16+,18+/m1/s1. The van der Waals surface area contributed by atoms with Crippen LogP contribution in [0.25, 0.3) is 0 Å². The summed E-state index contributed by atoms with van der Waals surface area (Å²) in [5.41, 5.74) is 4.07. The van der Waals surface area contributed by atoms with E-state index in [1.165, 1.54) is 29.2 Å². The molecule has 1 aliphatic heterocycles. The smallest absolute Gasteiger partial charge is 0.369 e. The Balaban J connectivity index is 2.00. The van der Waals surface area contributed by atoms with Gasteiger partial charge in [0, 0.05) is 30.4 Å². The van der Waals surface area contributed by atoms with Crippen molar-refractivity contribution < 1.29 is 53.9 Å². The molecule has 2 aromatic carbocycles. The Bertz CT molecular complexity index is 1350. The Morgan fingerprint density at radius 2 is 1.53 bits per heavy atom. The maximum absolute atomic E-state index is 13.5. The van der Waals surface area contributed by atoms with E-state index in [4.69, 9.17) is 17.3 Å². The Morgan fingerprint density at radius 3 is 2.09 bits per heavy atom. The molecular weight excluding hydrogens is 623 g/mol. The molecule has 1 aliphatic rings. The molecular formula is C26H24ClF9N4O3. The first-order valence-corrected chi connectivity index (χ1v) is 12.9. The van der Waals surface area contributed by atoms with Crippen molar-refractivity contribution in [2.45, 2.75) is 50.3 Å². The fraction of sp³-hybridized carbons (Fsp3) is 0.423. The van der Waals surface area contributed by atoms with Crippen LogP contribution in [-0.2, 0) is 20.6 Å². The molecule has 0 spiro atoms. The van der Waals surface area contributed by atoms with E-state index in [0.717, 1.165) is 18.2 Å². The zero-order chi connectivity index (χ0) is 32.3. The lowest BCUT2D eigenvalue weighted by Crippen LogP contribution is -2.52. The van der Waals surface area contributed by atoms with Crippen molar-refractivity contribution in [2.75, 3.05) is 16.8 Å². The highest BCUT2D eigenvalue weighted by Gasteiger charge is 2.41. The highest BCUT2D eigenvalue weighted by atomic mass is 35.5. The number of para-hydroxylation sites is 1. The van der Waals surface area contributed by atoms with Crippen LogP contribution < -0.4 is 21.3 Å². The first-order valence-electron chi connectivity index (χ1n) is 12.5. The van der Waals surface area contributed by atoms with Crippen LogP contribution in [0.5, 0.6) is 0 Å². The number of primary amides is 1. The van der Waals surface area contributed by atoms with E-state index in [0.29, 0.717) is 0 Å². The Kier molecular flexibility index (Phi) is 10.1.